The van der Waals surface area contributed by atoms with Gasteiger partial charge in [0.15, 0.2) is 0 Å². The Kier molecular flexibility index (Phi) is 3.16. The van der Waals surface area contributed by atoms with E-state index in [4.69, 9.17) is 4.98 Å². The minimum atomic E-state index is -0.169. The number of hydrogen-bond acceptors (Lipinski definition) is 5. The van der Waals surface area contributed by atoms with Crippen molar-refractivity contribution in [1.82, 2.24) is 14.5 Å². The fraction of sp³-hybridized carbons (Fsp3) is 0.429. The number of imidazole rings is 1. The van der Waals surface area contributed by atoms with E-state index in [2.05, 4.69) is 37.4 Å². The molecule has 7 heteroatoms. The van der Waals surface area contributed by atoms with Crippen molar-refractivity contribution in [1.29, 1.82) is 0 Å². The summed E-state index contributed by atoms with van der Waals surface area (Å²) in [4.78, 5) is 11.5. The largest absolute Gasteiger partial charge is 0.393 e. The smallest absolute Gasteiger partial charge is 0.206 e. The first-order valence-electron chi connectivity index (χ1n) is 6.97. The molecule has 0 aromatic carbocycles. The van der Waals surface area contributed by atoms with Gasteiger partial charge in [-0.2, -0.15) is 0 Å². The molecule has 0 spiro atoms. The van der Waals surface area contributed by atoms with Crippen LogP contribution in [0.1, 0.15) is 12.8 Å². The number of piperidine rings is 1. The summed E-state index contributed by atoms with van der Waals surface area (Å²) in [6.07, 6.45) is 3.29. The molecule has 1 fully saturated rings. The lowest BCUT2D eigenvalue weighted by atomic mass is 10.1. The van der Waals surface area contributed by atoms with Gasteiger partial charge in [0.25, 0.3) is 0 Å². The Balaban J connectivity index is 1.87. The molecular formula is C14H15BrN4OS. The number of anilines is 1. The molecule has 0 bridgehead atoms. The summed E-state index contributed by atoms with van der Waals surface area (Å²) >= 11 is 5.23. The number of nitrogens with zero attached hydrogens (tertiary/aromatic N) is 4. The molecule has 0 atom stereocenters. The summed E-state index contributed by atoms with van der Waals surface area (Å²) in [6, 6.07) is 2.05. The molecule has 0 saturated carbocycles. The van der Waals surface area contributed by atoms with Crippen LogP contribution in [0.5, 0.6) is 0 Å². The van der Waals surface area contributed by atoms with Gasteiger partial charge >= 0.3 is 0 Å². The van der Waals surface area contributed by atoms with Crippen molar-refractivity contribution in [3.05, 3.63) is 16.0 Å². The number of aliphatic hydroxyl groups excluding tert-OH is 1. The van der Waals surface area contributed by atoms with E-state index in [1.165, 1.54) is 0 Å². The second kappa shape index (κ2) is 4.93. The average molecular weight is 367 g/mol. The van der Waals surface area contributed by atoms with Gasteiger partial charge in [-0.1, -0.05) is 0 Å². The van der Waals surface area contributed by atoms with Crippen LogP contribution in [0.15, 0.2) is 16.0 Å². The van der Waals surface area contributed by atoms with Gasteiger partial charge in [0, 0.05) is 20.1 Å². The highest BCUT2D eigenvalue weighted by Gasteiger charge is 2.22. The summed E-state index contributed by atoms with van der Waals surface area (Å²) in [5.41, 5.74) is 3.07. The molecule has 0 amide bonds. The van der Waals surface area contributed by atoms with E-state index in [0.29, 0.717) is 0 Å². The number of halogens is 1. The zero-order chi connectivity index (χ0) is 14.6. The lowest BCUT2D eigenvalue weighted by Gasteiger charge is -2.30. The maximum absolute atomic E-state index is 9.66. The normalized spacial score (nSPS) is 17.2. The fourth-order valence-electron chi connectivity index (χ4n) is 2.96. The first-order valence-corrected chi connectivity index (χ1v) is 8.58. The SMILES string of the molecule is Cn1c(N2CCC(O)CC2)nc2cnc3cc(Br)sc3c21. The number of rotatable bonds is 1. The highest BCUT2D eigenvalue weighted by atomic mass is 79.9. The predicted molar refractivity (Wildman–Crippen MR) is 89.0 cm³/mol. The Bertz CT molecular complexity index is 819. The van der Waals surface area contributed by atoms with E-state index in [1.54, 1.807) is 11.3 Å². The Morgan fingerprint density at radius 3 is 2.86 bits per heavy atom. The summed E-state index contributed by atoms with van der Waals surface area (Å²) in [7, 11) is 2.06. The van der Waals surface area contributed by atoms with Crippen molar-refractivity contribution in [2.45, 2.75) is 18.9 Å². The van der Waals surface area contributed by atoms with Gasteiger partial charge in [-0.3, -0.25) is 4.98 Å². The van der Waals surface area contributed by atoms with Gasteiger partial charge in [-0.25, -0.2) is 4.98 Å². The Morgan fingerprint density at radius 1 is 1.33 bits per heavy atom. The van der Waals surface area contributed by atoms with Crippen LogP contribution in [0.25, 0.3) is 21.3 Å². The highest BCUT2D eigenvalue weighted by molar-refractivity contribution is 9.11. The van der Waals surface area contributed by atoms with Gasteiger partial charge in [0.05, 0.1) is 31.8 Å². The summed E-state index contributed by atoms with van der Waals surface area (Å²) in [5, 5.41) is 9.66. The van der Waals surface area contributed by atoms with Crippen molar-refractivity contribution in [3.63, 3.8) is 0 Å². The molecular weight excluding hydrogens is 352 g/mol. The van der Waals surface area contributed by atoms with Crippen LogP contribution in [0, 0.1) is 0 Å². The molecule has 1 aliphatic heterocycles. The fourth-order valence-corrected chi connectivity index (χ4v) is 4.59. The standard InChI is InChI=1S/C14H15BrN4OS/c1-18-12-10(7-16-9-6-11(15)21-13(9)12)17-14(18)19-4-2-8(20)3-5-19/h6-8,20H,2-5H2,1H3. The molecule has 3 aromatic rings. The molecule has 1 aliphatic rings. The zero-order valence-electron chi connectivity index (χ0n) is 11.6. The highest BCUT2D eigenvalue weighted by Crippen LogP contribution is 2.35. The monoisotopic (exact) mass is 366 g/mol. The molecule has 1 N–H and O–H groups in total. The summed E-state index contributed by atoms with van der Waals surface area (Å²) in [5.74, 6) is 0.968. The van der Waals surface area contributed by atoms with E-state index in [-0.39, 0.29) is 6.10 Å². The van der Waals surface area contributed by atoms with Gasteiger partial charge in [0.1, 0.15) is 5.52 Å². The second-order valence-electron chi connectivity index (χ2n) is 5.45. The van der Waals surface area contributed by atoms with Crippen molar-refractivity contribution in [2.24, 2.45) is 7.05 Å². The lowest BCUT2D eigenvalue weighted by molar-refractivity contribution is 0.145. The van der Waals surface area contributed by atoms with Crippen LogP contribution >= 0.6 is 27.3 Å². The van der Waals surface area contributed by atoms with Gasteiger partial charge in [0.2, 0.25) is 5.95 Å². The Hall–Kier alpha value is -1.18. The molecule has 0 aliphatic carbocycles. The third-order valence-corrected chi connectivity index (χ3v) is 5.70. The van der Waals surface area contributed by atoms with Crippen LogP contribution in [0.4, 0.5) is 5.95 Å². The molecule has 4 rings (SSSR count). The predicted octanol–water partition coefficient (Wildman–Crippen LogP) is 2.91. The Morgan fingerprint density at radius 2 is 2.10 bits per heavy atom. The topological polar surface area (TPSA) is 54.2 Å². The van der Waals surface area contributed by atoms with Crippen molar-refractivity contribution >= 4 is 54.5 Å². The molecule has 4 heterocycles. The zero-order valence-corrected chi connectivity index (χ0v) is 14.0. The number of aliphatic hydroxyl groups is 1. The first kappa shape index (κ1) is 13.5. The molecule has 110 valence electrons. The van der Waals surface area contributed by atoms with Gasteiger partial charge in [-0.05, 0) is 34.8 Å². The molecule has 21 heavy (non-hydrogen) atoms. The molecule has 3 aromatic heterocycles. The summed E-state index contributed by atoms with van der Waals surface area (Å²) < 4.78 is 4.40. The maximum Gasteiger partial charge on any atom is 0.206 e. The first-order chi connectivity index (χ1) is 10.1. The van der Waals surface area contributed by atoms with Crippen LogP contribution in [-0.2, 0) is 7.05 Å². The van der Waals surface area contributed by atoms with Crippen molar-refractivity contribution in [2.75, 3.05) is 18.0 Å². The van der Waals surface area contributed by atoms with Crippen molar-refractivity contribution < 1.29 is 5.11 Å². The third kappa shape index (κ3) is 2.15. The molecule has 0 unspecified atom stereocenters. The molecule has 5 nitrogen and oxygen atoms in total. The lowest BCUT2D eigenvalue weighted by Crippen LogP contribution is -2.37. The number of hydrogen-bond donors (Lipinski definition) is 1. The third-order valence-electron chi connectivity index (χ3n) is 4.07. The number of thiophene rings is 1. The minimum absolute atomic E-state index is 0.169. The van der Waals surface area contributed by atoms with Crippen LogP contribution in [0.2, 0.25) is 0 Å². The van der Waals surface area contributed by atoms with Gasteiger partial charge < -0.3 is 14.6 Å². The summed E-state index contributed by atoms with van der Waals surface area (Å²) in [6.45, 7) is 1.70. The van der Waals surface area contributed by atoms with E-state index < -0.39 is 0 Å². The quantitative estimate of drug-likeness (QED) is 0.719. The van der Waals surface area contributed by atoms with Crippen molar-refractivity contribution in [3.8, 4) is 0 Å². The minimum Gasteiger partial charge on any atom is -0.393 e. The second-order valence-corrected chi connectivity index (χ2v) is 7.88. The molecule has 1 saturated heterocycles. The number of aromatic nitrogens is 3. The number of pyridine rings is 1. The van der Waals surface area contributed by atoms with E-state index in [0.717, 1.165) is 56.9 Å². The van der Waals surface area contributed by atoms with Crippen LogP contribution in [0.3, 0.4) is 0 Å². The van der Waals surface area contributed by atoms with Gasteiger partial charge in [-0.15, -0.1) is 11.3 Å². The van der Waals surface area contributed by atoms with E-state index in [1.807, 2.05) is 12.3 Å². The maximum atomic E-state index is 9.66. The average Bonchev–Trinajstić information content (AvgIpc) is 2.99. The van der Waals surface area contributed by atoms with E-state index >= 15 is 0 Å². The number of fused-ring (bicyclic) bond motifs is 3. The van der Waals surface area contributed by atoms with Crippen LogP contribution in [-0.4, -0.2) is 38.8 Å². The number of aryl methyl sites for hydroxylation is 1. The Labute approximate surface area is 134 Å². The van der Waals surface area contributed by atoms with E-state index in [9.17, 15) is 5.11 Å². The van der Waals surface area contributed by atoms with Crippen LogP contribution < -0.4 is 4.90 Å². The molecule has 0 radical (unpaired) electrons.